The molecule has 1 unspecified atom stereocenters. The fourth-order valence-corrected chi connectivity index (χ4v) is 3.98. The number of rotatable bonds is 5. The van der Waals surface area contributed by atoms with E-state index in [1.165, 1.54) is 0 Å². The molecule has 160 valence electrons. The molecule has 1 aliphatic heterocycles. The highest BCUT2D eigenvalue weighted by atomic mass is 16.3. The number of hydrazone groups is 1. The van der Waals surface area contributed by atoms with Crippen LogP contribution >= 0.6 is 0 Å². The second kappa shape index (κ2) is 8.30. The Bertz CT molecular complexity index is 1240. The molecule has 0 N–H and O–H groups in total. The summed E-state index contributed by atoms with van der Waals surface area (Å²) in [5.41, 5.74) is 4.53. The summed E-state index contributed by atoms with van der Waals surface area (Å²) >= 11 is 0. The van der Waals surface area contributed by atoms with Crippen LogP contribution in [0.1, 0.15) is 37.6 Å². The zero-order valence-corrected chi connectivity index (χ0v) is 18.1. The minimum atomic E-state index is -0.266. The molecule has 1 atom stereocenters. The Hall–Kier alpha value is -3.93. The van der Waals surface area contributed by atoms with Crippen molar-refractivity contribution in [3.63, 3.8) is 0 Å². The largest absolute Gasteiger partial charge is 0.463 e. The van der Waals surface area contributed by atoms with E-state index in [1.54, 1.807) is 11.3 Å². The molecular formula is C26H24N4O2. The van der Waals surface area contributed by atoms with Gasteiger partial charge in [-0.05, 0) is 24.3 Å². The molecule has 0 radical (unpaired) electrons. The standard InChI is InChI=1S/C26H24N4O2/c1-18(2)26(31)30-23(16-22(27-30)24-14-9-15-32-24)21-17-29(20-12-7-4-8-13-20)28-25(21)19-10-5-3-6-11-19/h3-15,17-18,23H,16H2,1-2H3. The van der Waals surface area contributed by atoms with Crippen LogP contribution in [-0.2, 0) is 4.79 Å². The molecule has 0 aliphatic carbocycles. The van der Waals surface area contributed by atoms with Gasteiger partial charge in [-0.3, -0.25) is 4.79 Å². The molecule has 1 amide bonds. The summed E-state index contributed by atoms with van der Waals surface area (Å²) in [5.74, 6) is 0.482. The molecule has 2 aromatic heterocycles. The SMILES string of the molecule is CC(C)C(=O)N1N=C(c2ccco2)CC1c1cn(-c2ccccc2)nc1-c1ccccc1. The van der Waals surface area contributed by atoms with Gasteiger partial charge in [0.2, 0.25) is 5.91 Å². The number of carbonyl (C=O) groups is 1. The lowest BCUT2D eigenvalue weighted by molar-refractivity contribution is -0.136. The molecule has 5 rings (SSSR count). The Morgan fingerprint density at radius 1 is 1.00 bits per heavy atom. The van der Waals surface area contributed by atoms with E-state index in [4.69, 9.17) is 14.6 Å². The smallest absolute Gasteiger partial charge is 0.245 e. The van der Waals surface area contributed by atoms with Crippen molar-refractivity contribution in [1.82, 2.24) is 14.8 Å². The molecule has 4 aromatic rings. The maximum absolute atomic E-state index is 13.1. The number of furan rings is 1. The van der Waals surface area contributed by atoms with Crippen LogP contribution in [-0.4, -0.2) is 26.4 Å². The van der Waals surface area contributed by atoms with E-state index in [0.717, 1.165) is 28.2 Å². The minimum Gasteiger partial charge on any atom is -0.463 e. The lowest BCUT2D eigenvalue weighted by Crippen LogP contribution is -2.30. The average Bonchev–Trinajstić information content (AvgIpc) is 3.58. The van der Waals surface area contributed by atoms with Crippen molar-refractivity contribution in [3.8, 4) is 16.9 Å². The predicted molar refractivity (Wildman–Crippen MR) is 123 cm³/mol. The Balaban J connectivity index is 1.63. The number of amides is 1. The normalized spacial score (nSPS) is 15.9. The molecule has 0 spiro atoms. The number of para-hydroxylation sites is 1. The topological polar surface area (TPSA) is 63.6 Å². The molecule has 32 heavy (non-hydrogen) atoms. The summed E-state index contributed by atoms with van der Waals surface area (Å²) in [6.45, 7) is 3.79. The van der Waals surface area contributed by atoms with E-state index in [0.29, 0.717) is 12.2 Å². The number of hydrogen-bond donors (Lipinski definition) is 0. The lowest BCUT2D eigenvalue weighted by atomic mass is 9.97. The van der Waals surface area contributed by atoms with Gasteiger partial charge in [-0.1, -0.05) is 62.4 Å². The number of hydrogen-bond acceptors (Lipinski definition) is 4. The van der Waals surface area contributed by atoms with Gasteiger partial charge in [0.05, 0.1) is 23.7 Å². The van der Waals surface area contributed by atoms with E-state index in [9.17, 15) is 4.79 Å². The fourth-order valence-electron chi connectivity index (χ4n) is 3.98. The quantitative estimate of drug-likeness (QED) is 0.427. The highest BCUT2D eigenvalue weighted by Gasteiger charge is 2.37. The molecule has 1 aliphatic rings. The van der Waals surface area contributed by atoms with Crippen LogP contribution in [0.5, 0.6) is 0 Å². The van der Waals surface area contributed by atoms with Crippen LogP contribution in [0.15, 0.2) is 94.8 Å². The number of nitrogens with zero attached hydrogens (tertiary/aromatic N) is 4. The Kier molecular flexibility index (Phi) is 5.19. The van der Waals surface area contributed by atoms with E-state index < -0.39 is 0 Å². The average molecular weight is 425 g/mol. The van der Waals surface area contributed by atoms with Crippen molar-refractivity contribution in [1.29, 1.82) is 0 Å². The van der Waals surface area contributed by atoms with Gasteiger partial charge in [0.15, 0.2) is 0 Å². The summed E-state index contributed by atoms with van der Waals surface area (Å²) in [7, 11) is 0. The van der Waals surface area contributed by atoms with Crippen LogP contribution in [0.2, 0.25) is 0 Å². The monoisotopic (exact) mass is 424 g/mol. The van der Waals surface area contributed by atoms with Gasteiger partial charge in [0.1, 0.15) is 11.5 Å². The first-order valence-corrected chi connectivity index (χ1v) is 10.8. The summed E-state index contributed by atoms with van der Waals surface area (Å²) in [5, 5.41) is 11.2. The third-order valence-corrected chi connectivity index (χ3v) is 5.61. The Morgan fingerprint density at radius 3 is 2.38 bits per heavy atom. The molecule has 0 saturated heterocycles. The van der Waals surface area contributed by atoms with Crippen LogP contribution in [0, 0.1) is 5.92 Å². The number of benzene rings is 2. The molecule has 6 heteroatoms. The van der Waals surface area contributed by atoms with Gasteiger partial charge < -0.3 is 4.42 Å². The molecule has 6 nitrogen and oxygen atoms in total. The maximum atomic E-state index is 13.1. The van der Waals surface area contributed by atoms with Crippen molar-refractivity contribution in [2.75, 3.05) is 0 Å². The number of aromatic nitrogens is 2. The third-order valence-electron chi connectivity index (χ3n) is 5.61. The highest BCUT2D eigenvalue weighted by molar-refractivity contribution is 6.01. The fraction of sp³-hybridized carbons (Fsp3) is 0.192. The van der Waals surface area contributed by atoms with E-state index in [1.807, 2.05) is 97.5 Å². The van der Waals surface area contributed by atoms with E-state index in [2.05, 4.69) is 0 Å². The predicted octanol–water partition coefficient (Wildman–Crippen LogP) is 5.47. The first-order valence-electron chi connectivity index (χ1n) is 10.8. The summed E-state index contributed by atoms with van der Waals surface area (Å²) < 4.78 is 7.47. The van der Waals surface area contributed by atoms with E-state index in [-0.39, 0.29) is 17.9 Å². The van der Waals surface area contributed by atoms with Gasteiger partial charge in [0.25, 0.3) is 0 Å². The van der Waals surface area contributed by atoms with Crippen molar-refractivity contribution in [2.45, 2.75) is 26.3 Å². The highest BCUT2D eigenvalue weighted by Crippen LogP contribution is 2.39. The second-order valence-electron chi connectivity index (χ2n) is 8.16. The van der Waals surface area contributed by atoms with Gasteiger partial charge in [0, 0.05) is 29.7 Å². The Morgan fingerprint density at radius 2 is 1.72 bits per heavy atom. The molecule has 3 heterocycles. The van der Waals surface area contributed by atoms with Crippen molar-refractivity contribution in [2.24, 2.45) is 11.0 Å². The van der Waals surface area contributed by atoms with Crippen molar-refractivity contribution >= 4 is 11.6 Å². The first kappa shape index (κ1) is 20.0. The van der Waals surface area contributed by atoms with E-state index >= 15 is 0 Å². The van der Waals surface area contributed by atoms with Gasteiger partial charge in [-0.2, -0.15) is 10.2 Å². The van der Waals surface area contributed by atoms with Gasteiger partial charge >= 0.3 is 0 Å². The van der Waals surface area contributed by atoms with Crippen LogP contribution < -0.4 is 0 Å². The van der Waals surface area contributed by atoms with Gasteiger partial charge in [-0.25, -0.2) is 9.69 Å². The second-order valence-corrected chi connectivity index (χ2v) is 8.16. The first-order chi connectivity index (χ1) is 15.6. The lowest BCUT2D eigenvalue weighted by Gasteiger charge is -2.23. The molecule has 0 bridgehead atoms. The van der Waals surface area contributed by atoms with Gasteiger partial charge in [-0.15, -0.1) is 0 Å². The van der Waals surface area contributed by atoms with Crippen molar-refractivity contribution < 1.29 is 9.21 Å². The van der Waals surface area contributed by atoms with Crippen LogP contribution in [0.3, 0.4) is 0 Å². The molecule has 0 saturated carbocycles. The summed E-state index contributed by atoms with van der Waals surface area (Å²) in [6.07, 6.45) is 4.21. The zero-order valence-electron chi connectivity index (χ0n) is 18.1. The summed E-state index contributed by atoms with van der Waals surface area (Å²) in [6, 6.07) is 23.5. The van der Waals surface area contributed by atoms with Crippen LogP contribution in [0.25, 0.3) is 16.9 Å². The van der Waals surface area contributed by atoms with Crippen molar-refractivity contribution in [3.05, 3.63) is 96.6 Å². The molecule has 2 aromatic carbocycles. The molecule has 0 fully saturated rings. The summed E-state index contributed by atoms with van der Waals surface area (Å²) in [4.78, 5) is 13.1. The third kappa shape index (κ3) is 3.64. The minimum absolute atomic E-state index is 0.0250. The zero-order chi connectivity index (χ0) is 22.1. The maximum Gasteiger partial charge on any atom is 0.245 e. The Labute approximate surface area is 186 Å². The molecular weight excluding hydrogens is 400 g/mol. The number of carbonyl (C=O) groups excluding carboxylic acids is 1. The van der Waals surface area contributed by atoms with Crippen LogP contribution in [0.4, 0.5) is 0 Å².